The summed E-state index contributed by atoms with van der Waals surface area (Å²) in [4.78, 5) is 87.9. The average Bonchev–Trinajstić information content (AvgIpc) is 1.91. The number of benzene rings is 8. The van der Waals surface area contributed by atoms with Gasteiger partial charge in [0, 0.05) is 39.6 Å². The molecule has 0 aliphatic carbocycles. The highest BCUT2D eigenvalue weighted by molar-refractivity contribution is 7.14. The number of nitrogens with one attached hydrogen (secondary N) is 7. The average molecular weight is 1690 g/mol. The molecule has 120 heavy (non-hydrogen) atoms. The number of ketones is 7. The van der Waals surface area contributed by atoms with Gasteiger partial charge in [0.05, 0.1) is 46.3 Å². The van der Waals surface area contributed by atoms with Crippen molar-refractivity contribution in [3.63, 3.8) is 0 Å². The van der Waals surface area contributed by atoms with Crippen LogP contribution < -0.4 is 37.2 Å². The molecule has 4 aromatic heterocycles. The molecule has 0 aliphatic rings. The molecule has 0 radical (unpaired) electrons. The second-order valence-electron chi connectivity index (χ2n) is 29.7. The van der Waals surface area contributed by atoms with Crippen molar-refractivity contribution in [3.05, 3.63) is 302 Å². The summed E-state index contributed by atoms with van der Waals surface area (Å²) in [5.74, 6) is 1.24. The number of hydrogen-bond donors (Lipinski definition) is 7. The lowest BCUT2D eigenvalue weighted by atomic mass is 9.99. The molecule has 0 fully saturated rings. The maximum atomic E-state index is 11.5. The van der Waals surface area contributed by atoms with Crippen LogP contribution in [0.5, 0.6) is 0 Å². The second kappa shape index (κ2) is 52.2. The number of carbonyl (C=O) groups is 7. The van der Waals surface area contributed by atoms with Crippen molar-refractivity contribution in [2.45, 2.75) is 157 Å². The van der Waals surface area contributed by atoms with Gasteiger partial charge in [-0.3, -0.25) is 33.6 Å². The molecule has 12 aromatic rings. The Labute approximate surface area is 729 Å². The molecule has 7 N–H and O–H groups in total. The lowest BCUT2D eigenvalue weighted by Crippen LogP contribution is -2.34. The highest BCUT2D eigenvalue weighted by atomic mass is 32.1. The first-order valence-electron chi connectivity index (χ1n) is 40.5. The number of aromatic nitrogens is 1. The van der Waals surface area contributed by atoms with E-state index in [-0.39, 0.29) is 82.8 Å². The third-order valence-electron chi connectivity index (χ3n) is 20.5. The van der Waals surface area contributed by atoms with Crippen LogP contribution in [0.15, 0.2) is 246 Å². The maximum absolute atomic E-state index is 11.5. The van der Waals surface area contributed by atoms with Crippen molar-refractivity contribution in [2.75, 3.05) is 49.3 Å². The van der Waals surface area contributed by atoms with Crippen LogP contribution in [0.1, 0.15) is 142 Å². The molecular formula is C101H122N8O7S4. The van der Waals surface area contributed by atoms with Crippen molar-refractivity contribution in [2.24, 2.45) is 0 Å². The molecule has 0 unspecified atom stereocenters. The number of thiazole rings is 1. The molecule has 0 saturated heterocycles. The van der Waals surface area contributed by atoms with E-state index in [0.717, 1.165) is 41.6 Å². The van der Waals surface area contributed by atoms with Crippen LogP contribution in [0.4, 0.5) is 0 Å². The first-order chi connectivity index (χ1) is 57.6. The van der Waals surface area contributed by atoms with Crippen LogP contribution in [-0.4, -0.2) is 119 Å². The van der Waals surface area contributed by atoms with Crippen LogP contribution in [0.2, 0.25) is 0 Å². The number of nitrogens with zero attached hydrogens (tertiary/aromatic N) is 1. The van der Waals surface area contributed by atoms with Gasteiger partial charge in [-0.25, -0.2) is 4.98 Å². The van der Waals surface area contributed by atoms with E-state index in [9.17, 15) is 33.6 Å². The van der Waals surface area contributed by atoms with E-state index in [2.05, 4.69) is 243 Å². The zero-order chi connectivity index (χ0) is 87.8. The Morgan fingerprint density at radius 1 is 0.308 bits per heavy atom. The molecular weight excluding hydrogens is 1570 g/mol. The third-order valence-corrected chi connectivity index (χ3v) is 24.7. The molecule has 0 amide bonds. The fourth-order valence-electron chi connectivity index (χ4n) is 13.2. The Morgan fingerprint density at radius 2 is 0.633 bits per heavy atom. The standard InChI is InChI=1S/C18H21NO.C17H19NO.C16H19NOS.C15H18N2OS.2C15H17NOS.C5H11NO/c1-14(20)12-18(19-2)13-15-8-10-17(11-9-15)16-6-4-3-5-7-16;1-13(19)17(18-2)12-14-8-10-16(11-9-14)15-6-4-3-5-7-15;1-11-8-9-19-16(11)14-6-4-13(5-7-14)15(17-3)10-12(2)18;1-10-15(19-9-17-10)13-6-4-12(5-7-13)8-14(16-3)11(2)18;2*1-10-8-9-18-15(10)13-6-4-12(5-7-13)14(16-3)11(2)17;1-4(6-3)5(2)7/h3-11,18-19H,12-13H2,1-2H3;3-11,17-18H,12H2,1-2H3;4-9,15,17H,10H2,1-3H3;4-7,9,14,16H,8H2,1-3H3;2*4-9,14,16H,1-3H3;4,6H,1-3H3/t18-;17-;15-;3*14-;4-/m1100101/s1. The summed E-state index contributed by atoms with van der Waals surface area (Å²) in [5, 5.41) is 27.7. The Morgan fingerprint density at radius 3 is 0.892 bits per heavy atom. The fourth-order valence-corrected chi connectivity index (χ4v) is 16.8. The number of hydrogen-bond acceptors (Lipinski definition) is 19. The maximum Gasteiger partial charge on any atom is 0.151 e. The van der Waals surface area contributed by atoms with E-state index in [1.165, 1.54) is 97.4 Å². The number of carbonyl (C=O) groups excluding carboxylic acids is 7. The molecule has 0 bridgehead atoms. The SMILES string of the molecule is CN[C@@H](C(C)=O)c1ccc(-c2sccc2C)cc1.CN[C@@H](CC(C)=O)c1ccc(-c2sccc2C)cc1.CN[C@@H](Cc1ccc(-c2scnc2C)cc1)C(C)=O.CN[C@H](C(C)=O)c1ccc(-c2sccc2C)cc1.CN[C@H](C)C(C)=O.CN[C@H](CC(C)=O)Cc1ccc(-c2ccccc2)cc1.CN[C@H](Cc1ccc(-c2ccccc2)cc1)C(C)=O. The number of Topliss-reactive ketones (excluding diaryl/α,β-unsaturated/α-hetero) is 7. The predicted molar refractivity (Wildman–Crippen MR) is 507 cm³/mol. The lowest BCUT2D eigenvalue weighted by molar-refractivity contribution is -0.119. The summed E-state index contributed by atoms with van der Waals surface area (Å²) in [6, 6.07) is 77.0. The molecule has 15 nitrogen and oxygen atoms in total. The first-order valence-corrected chi connectivity index (χ1v) is 44.0. The van der Waals surface area contributed by atoms with E-state index >= 15 is 0 Å². The Bertz CT molecular complexity index is 4980. The zero-order valence-corrected chi connectivity index (χ0v) is 76.5. The van der Waals surface area contributed by atoms with E-state index in [0.29, 0.717) is 12.8 Å². The molecule has 632 valence electrons. The van der Waals surface area contributed by atoms with Crippen molar-refractivity contribution in [1.82, 2.24) is 42.2 Å². The number of likely N-dealkylation sites (N-methyl/N-ethyl adjacent to an activating group) is 6. The number of thiophene rings is 3. The molecule has 0 saturated carbocycles. The van der Waals surface area contributed by atoms with Gasteiger partial charge in [-0.15, -0.1) is 45.3 Å². The summed E-state index contributed by atoms with van der Waals surface area (Å²) < 4.78 is 0. The quantitative estimate of drug-likeness (QED) is 0.0215. The number of rotatable bonds is 31. The fraction of sp³-hybridized carbons (Fsp3) is 0.307. The van der Waals surface area contributed by atoms with Gasteiger partial charge in [0.1, 0.15) is 28.9 Å². The van der Waals surface area contributed by atoms with E-state index < -0.39 is 0 Å². The van der Waals surface area contributed by atoms with Gasteiger partial charge in [-0.1, -0.05) is 206 Å². The summed E-state index contributed by atoms with van der Waals surface area (Å²) >= 11 is 6.91. The normalized spacial score (nSPS) is 12.4. The largest absolute Gasteiger partial charge is 0.316 e. The third kappa shape index (κ3) is 32.1. The molecule has 7 atom stereocenters. The van der Waals surface area contributed by atoms with Crippen LogP contribution >= 0.6 is 45.3 Å². The first kappa shape index (κ1) is 98.7. The lowest BCUT2D eigenvalue weighted by Gasteiger charge is -2.15. The van der Waals surface area contributed by atoms with Crippen molar-refractivity contribution in [1.29, 1.82) is 0 Å². The van der Waals surface area contributed by atoms with Gasteiger partial charge < -0.3 is 37.2 Å². The van der Waals surface area contributed by atoms with E-state index in [1.54, 1.807) is 101 Å². The number of aryl methyl sites for hydroxylation is 4. The van der Waals surface area contributed by atoms with Gasteiger partial charge in [-0.2, -0.15) is 0 Å². The van der Waals surface area contributed by atoms with E-state index in [4.69, 9.17) is 0 Å². The van der Waals surface area contributed by atoms with Crippen LogP contribution in [0.25, 0.3) is 64.0 Å². The zero-order valence-electron chi connectivity index (χ0n) is 73.2. The smallest absolute Gasteiger partial charge is 0.151 e. The summed E-state index contributed by atoms with van der Waals surface area (Å²) in [5.41, 5.74) is 23.4. The van der Waals surface area contributed by atoms with E-state index in [1.807, 2.05) is 122 Å². The van der Waals surface area contributed by atoms with Gasteiger partial charge in [0.25, 0.3) is 0 Å². The van der Waals surface area contributed by atoms with Crippen molar-refractivity contribution in [3.8, 4) is 64.0 Å². The highest BCUT2D eigenvalue weighted by Crippen LogP contribution is 2.34. The van der Waals surface area contributed by atoms with Crippen molar-refractivity contribution >= 4 is 85.8 Å². The minimum Gasteiger partial charge on any atom is -0.316 e. The minimum absolute atomic E-state index is 0.0139. The molecule has 4 heterocycles. The van der Waals surface area contributed by atoms with Gasteiger partial charge in [0.2, 0.25) is 0 Å². The van der Waals surface area contributed by atoms with Crippen LogP contribution in [0.3, 0.4) is 0 Å². The van der Waals surface area contributed by atoms with Gasteiger partial charge in [-0.05, 0) is 281 Å². The molecule has 0 spiro atoms. The van der Waals surface area contributed by atoms with Gasteiger partial charge >= 0.3 is 0 Å². The molecule has 8 aromatic carbocycles. The second-order valence-corrected chi connectivity index (χ2v) is 33.3. The highest BCUT2D eigenvalue weighted by Gasteiger charge is 2.19. The topological polar surface area (TPSA) is 217 Å². The Hall–Kier alpha value is -10.1. The molecule has 12 rings (SSSR count). The Balaban J connectivity index is 0.000000220. The molecule has 0 aliphatic heterocycles. The van der Waals surface area contributed by atoms with Crippen molar-refractivity contribution < 1.29 is 33.6 Å². The van der Waals surface area contributed by atoms with Crippen LogP contribution in [0, 0.1) is 27.7 Å². The van der Waals surface area contributed by atoms with Crippen LogP contribution in [-0.2, 0) is 52.8 Å². The summed E-state index contributed by atoms with van der Waals surface area (Å²) in [6.45, 7) is 21.5. The Kier molecular flexibility index (Phi) is 42.9. The minimum atomic E-state index is -0.205. The summed E-state index contributed by atoms with van der Waals surface area (Å²) in [6.07, 6.45) is 3.46. The van der Waals surface area contributed by atoms with Gasteiger partial charge in [0.15, 0.2) is 11.6 Å². The monoisotopic (exact) mass is 1690 g/mol. The summed E-state index contributed by atoms with van der Waals surface area (Å²) in [7, 11) is 12.8. The predicted octanol–water partition coefficient (Wildman–Crippen LogP) is 20.7. The molecule has 19 heteroatoms.